The molecule has 1 saturated carbocycles. The molecule has 1 aromatic rings. The van der Waals surface area contributed by atoms with Crippen LogP contribution in [0.25, 0.3) is 0 Å². The molecular formula is C13H19N3O. The molecule has 0 radical (unpaired) electrons. The van der Waals surface area contributed by atoms with Crippen LogP contribution in [0.2, 0.25) is 0 Å². The van der Waals surface area contributed by atoms with E-state index < -0.39 is 0 Å². The normalized spacial score (nSPS) is 16.1. The van der Waals surface area contributed by atoms with Crippen LogP contribution in [0.4, 0.5) is 0 Å². The SMILES string of the molecule is NC(=NO)c1cccc(CNCCC2CC2)c1. The summed E-state index contributed by atoms with van der Waals surface area (Å²) in [5.41, 5.74) is 7.46. The first-order valence-corrected chi connectivity index (χ1v) is 6.07. The van der Waals surface area contributed by atoms with E-state index in [9.17, 15) is 0 Å². The molecule has 4 heteroatoms. The number of amidine groups is 1. The average molecular weight is 233 g/mol. The number of rotatable bonds is 6. The Labute approximate surface area is 102 Å². The Morgan fingerprint density at radius 1 is 1.47 bits per heavy atom. The Morgan fingerprint density at radius 3 is 3.00 bits per heavy atom. The van der Waals surface area contributed by atoms with Crippen LogP contribution in [-0.4, -0.2) is 17.6 Å². The van der Waals surface area contributed by atoms with Gasteiger partial charge in [0.25, 0.3) is 0 Å². The van der Waals surface area contributed by atoms with Gasteiger partial charge in [0.2, 0.25) is 0 Å². The molecule has 0 saturated heterocycles. The van der Waals surface area contributed by atoms with E-state index >= 15 is 0 Å². The number of hydrogen-bond acceptors (Lipinski definition) is 3. The second kappa shape index (κ2) is 5.68. The van der Waals surface area contributed by atoms with Crippen LogP contribution >= 0.6 is 0 Å². The zero-order valence-electron chi connectivity index (χ0n) is 9.89. The van der Waals surface area contributed by atoms with Crippen molar-refractivity contribution in [1.82, 2.24) is 5.32 Å². The molecule has 17 heavy (non-hydrogen) atoms. The molecule has 0 spiro atoms. The van der Waals surface area contributed by atoms with Crippen LogP contribution in [-0.2, 0) is 6.54 Å². The van der Waals surface area contributed by atoms with Crippen molar-refractivity contribution in [1.29, 1.82) is 0 Å². The third-order valence-corrected chi connectivity index (χ3v) is 3.09. The van der Waals surface area contributed by atoms with E-state index in [1.165, 1.54) is 19.3 Å². The predicted octanol–water partition coefficient (Wildman–Crippen LogP) is 1.67. The lowest BCUT2D eigenvalue weighted by molar-refractivity contribution is 0.318. The highest BCUT2D eigenvalue weighted by molar-refractivity contribution is 5.97. The van der Waals surface area contributed by atoms with Crippen LogP contribution in [0.5, 0.6) is 0 Å². The first-order chi connectivity index (χ1) is 8.29. The minimum Gasteiger partial charge on any atom is -0.409 e. The topological polar surface area (TPSA) is 70.6 Å². The maximum absolute atomic E-state index is 8.61. The van der Waals surface area contributed by atoms with Crippen LogP contribution in [0.3, 0.4) is 0 Å². The van der Waals surface area contributed by atoms with E-state index in [4.69, 9.17) is 10.9 Å². The minimum atomic E-state index is 0.157. The monoisotopic (exact) mass is 233 g/mol. The van der Waals surface area contributed by atoms with Gasteiger partial charge in [0.15, 0.2) is 5.84 Å². The molecule has 1 aromatic carbocycles. The van der Waals surface area contributed by atoms with Crippen molar-refractivity contribution in [3.63, 3.8) is 0 Å². The fourth-order valence-electron chi connectivity index (χ4n) is 1.84. The van der Waals surface area contributed by atoms with Crippen molar-refractivity contribution < 1.29 is 5.21 Å². The molecule has 0 amide bonds. The number of benzene rings is 1. The van der Waals surface area contributed by atoms with E-state index in [2.05, 4.69) is 10.5 Å². The molecule has 4 N–H and O–H groups in total. The summed E-state index contributed by atoms with van der Waals surface area (Å²) in [5.74, 6) is 1.12. The van der Waals surface area contributed by atoms with E-state index in [1.807, 2.05) is 24.3 Å². The zero-order chi connectivity index (χ0) is 12.1. The standard InChI is InChI=1S/C13H19N3O/c14-13(16-17)12-3-1-2-11(8-12)9-15-7-6-10-4-5-10/h1-3,8,10,15,17H,4-7,9H2,(H2,14,16). The summed E-state index contributed by atoms with van der Waals surface area (Å²) >= 11 is 0. The first-order valence-electron chi connectivity index (χ1n) is 6.07. The lowest BCUT2D eigenvalue weighted by Gasteiger charge is -2.06. The summed E-state index contributed by atoms with van der Waals surface area (Å²) in [6, 6.07) is 7.74. The molecule has 1 aliphatic rings. The molecule has 0 heterocycles. The number of oxime groups is 1. The highest BCUT2D eigenvalue weighted by Crippen LogP contribution is 2.31. The largest absolute Gasteiger partial charge is 0.409 e. The number of nitrogens with zero attached hydrogens (tertiary/aromatic N) is 1. The average Bonchev–Trinajstić information content (AvgIpc) is 3.18. The van der Waals surface area contributed by atoms with Gasteiger partial charge in [0.05, 0.1) is 0 Å². The Morgan fingerprint density at radius 2 is 2.29 bits per heavy atom. The maximum atomic E-state index is 8.61. The van der Waals surface area contributed by atoms with Crippen LogP contribution in [0, 0.1) is 5.92 Å². The van der Waals surface area contributed by atoms with Gasteiger partial charge in [-0.15, -0.1) is 0 Å². The van der Waals surface area contributed by atoms with E-state index in [-0.39, 0.29) is 5.84 Å². The highest BCUT2D eigenvalue weighted by Gasteiger charge is 2.19. The zero-order valence-corrected chi connectivity index (χ0v) is 9.89. The van der Waals surface area contributed by atoms with Gasteiger partial charge in [-0.1, -0.05) is 36.2 Å². The molecule has 92 valence electrons. The Kier molecular flexibility index (Phi) is 3.98. The molecule has 4 nitrogen and oxygen atoms in total. The number of nitrogens with one attached hydrogen (secondary N) is 1. The lowest BCUT2D eigenvalue weighted by Crippen LogP contribution is -2.17. The van der Waals surface area contributed by atoms with Crippen molar-refractivity contribution in [2.75, 3.05) is 6.54 Å². The summed E-state index contributed by atoms with van der Waals surface area (Å²) in [6.45, 7) is 1.90. The summed E-state index contributed by atoms with van der Waals surface area (Å²) in [4.78, 5) is 0. The Bertz CT molecular complexity index is 399. The van der Waals surface area contributed by atoms with Crippen LogP contribution < -0.4 is 11.1 Å². The molecule has 0 bridgehead atoms. The van der Waals surface area contributed by atoms with E-state index in [1.54, 1.807) is 0 Å². The van der Waals surface area contributed by atoms with Crippen LogP contribution in [0.15, 0.2) is 29.4 Å². The highest BCUT2D eigenvalue weighted by atomic mass is 16.4. The Hall–Kier alpha value is -1.55. The molecule has 0 unspecified atom stereocenters. The summed E-state index contributed by atoms with van der Waals surface area (Å²) in [6.07, 6.45) is 4.08. The van der Waals surface area contributed by atoms with Crippen molar-refractivity contribution in [2.45, 2.75) is 25.8 Å². The summed E-state index contributed by atoms with van der Waals surface area (Å²) in [7, 11) is 0. The van der Waals surface area contributed by atoms with E-state index in [0.717, 1.165) is 30.1 Å². The second-order valence-electron chi connectivity index (χ2n) is 4.59. The molecule has 1 fully saturated rings. The van der Waals surface area contributed by atoms with Gasteiger partial charge >= 0.3 is 0 Å². The van der Waals surface area contributed by atoms with Gasteiger partial charge in [-0.25, -0.2) is 0 Å². The van der Waals surface area contributed by atoms with Gasteiger partial charge < -0.3 is 16.3 Å². The van der Waals surface area contributed by atoms with Gasteiger partial charge in [-0.2, -0.15) is 0 Å². The molecule has 1 aliphatic carbocycles. The van der Waals surface area contributed by atoms with Gasteiger partial charge in [-0.05, 0) is 30.5 Å². The third-order valence-electron chi connectivity index (χ3n) is 3.09. The third kappa shape index (κ3) is 3.75. The molecular weight excluding hydrogens is 214 g/mol. The van der Waals surface area contributed by atoms with Crippen molar-refractivity contribution >= 4 is 5.84 Å². The fraction of sp³-hybridized carbons (Fsp3) is 0.462. The lowest BCUT2D eigenvalue weighted by atomic mass is 10.1. The molecule has 2 rings (SSSR count). The van der Waals surface area contributed by atoms with Gasteiger partial charge in [0.1, 0.15) is 0 Å². The quantitative estimate of drug-likeness (QED) is 0.230. The fourth-order valence-corrected chi connectivity index (χ4v) is 1.84. The van der Waals surface area contributed by atoms with Gasteiger partial charge in [0, 0.05) is 12.1 Å². The molecule has 0 aromatic heterocycles. The van der Waals surface area contributed by atoms with Crippen molar-refractivity contribution in [3.8, 4) is 0 Å². The van der Waals surface area contributed by atoms with E-state index in [0.29, 0.717) is 0 Å². The number of nitrogens with two attached hydrogens (primary N) is 1. The van der Waals surface area contributed by atoms with Gasteiger partial charge in [-0.3, -0.25) is 0 Å². The number of hydrogen-bond donors (Lipinski definition) is 3. The predicted molar refractivity (Wildman–Crippen MR) is 68.0 cm³/mol. The van der Waals surface area contributed by atoms with Crippen molar-refractivity contribution in [3.05, 3.63) is 35.4 Å². The maximum Gasteiger partial charge on any atom is 0.170 e. The molecule has 0 atom stereocenters. The second-order valence-corrected chi connectivity index (χ2v) is 4.59. The smallest absolute Gasteiger partial charge is 0.170 e. The summed E-state index contributed by atoms with van der Waals surface area (Å²) in [5, 5.41) is 15.0. The minimum absolute atomic E-state index is 0.157. The Balaban J connectivity index is 1.82. The first kappa shape index (κ1) is 11.9. The van der Waals surface area contributed by atoms with Crippen LogP contribution in [0.1, 0.15) is 30.4 Å². The van der Waals surface area contributed by atoms with Crippen molar-refractivity contribution in [2.24, 2.45) is 16.8 Å². The summed E-state index contributed by atoms with van der Waals surface area (Å²) < 4.78 is 0. The molecule has 0 aliphatic heterocycles.